The Morgan fingerprint density at radius 2 is 2.00 bits per heavy atom. The average molecular weight is 298 g/mol. The quantitative estimate of drug-likeness (QED) is 0.771. The number of hydrogen-bond acceptors (Lipinski definition) is 3. The van der Waals surface area contributed by atoms with Gasteiger partial charge in [-0.15, -0.1) is 11.8 Å². The van der Waals surface area contributed by atoms with Crippen LogP contribution in [0.5, 0.6) is 0 Å². The van der Waals surface area contributed by atoms with Gasteiger partial charge in [-0.3, -0.25) is 4.90 Å². The number of nitrogens with zero attached hydrogens (tertiary/aromatic N) is 2. The first-order valence-electron chi connectivity index (χ1n) is 7.65. The summed E-state index contributed by atoms with van der Waals surface area (Å²) in [7, 11) is 0. The summed E-state index contributed by atoms with van der Waals surface area (Å²) in [5, 5.41) is 1.10. The Labute approximate surface area is 131 Å². The number of pyridine rings is 1. The van der Waals surface area contributed by atoms with Crippen LogP contribution in [0.2, 0.25) is 0 Å². The van der Waals surface area contributed by atoms with Gasteiger partial charge in [0.25, 0.3) is 0 Å². The standard InChI is InChI=1S/C18H22N2S/c1-21-18-11-10-16(13-19-18)17-9-5-6-12-20(17)14-15-7-3-2-4-8-15/h2-4,7-8,10-11,13,17H,5-6,9,12,14H2,1H3/t17-/m1/s1. The van der Waals surface area contributed by atoms with Crippen LogP contribution in [0, 0.1) is 0 Å². The van der Waals surface area contributed by atoms with E-state index in [1.165, 1.54) is 36.9 Å². The fourth-order valence-corrected chi connectivity index (χ4v) is 3.45. The van der Waals surface area contributed by atoms with Crippen molar-refractivity contribution in [3.05, 3.63) is 59.8 Å². The predicted octanol–water partition coefficient (Wildman–Crippen LogP) is 4.53. The molecule has 0 spiro atoms. The van der Waals surface area contributed by atoms with E-state index >= 15 is 0 Å². The smallest absolute Gasteiger partial charge is 0.0957 e. The van der Waals surface area contributed by atoms with E-state index in [0.29, 0.717) is 6.04 Å². The van der Waals surface area contributed by atoms with Crippen LogP contribution in [0.3, 0.4) is 0 Å². The fourth-order valence-electron chi connectivity index (χ4n) is 3.09. The van der Waals surface area contributed by atoms with Crippen molar-refractivity contribution in [2.24, 2.45) is 0 Å². The molecule has 0 N–H and O–H groups in total. The lowest BCUT2D eigenvalue weighted by molar-refractivity contribution is 0.140. The summed E-state index contributed by atoms with van der Waals surface area (Å²) in [6.07, 6.45) is 8.01. The number of benzene rings is 1. The molecule has 1 fully saturated rings. The first-order chi connectivity index (χ1) is 10.4. The Balaban J connectivity index is 1.77. The van der Waals surface area contributed by atoms with E-state index in [4.69, 9.17) is 0 Å². The first kappa shape index (κ1) is 14.6. The molecule has 1 aromatic carbocycles. The van der Waals surface area contributed by atoms with Gasteiger partial charge >= 0.3 is 0 Å². The van der Waals surface area contributed by atoms with E-state index < -0.39 is 0 Å². The molecule has 0 saturated carbocycles. The number of hydrogen-bond donors (Lipinski definition) is 0. The molecule has 3 heteroatoms. The topological polar surface area (TPSA) is 16.1 Å². The van der Waals surface area contributed by atoms with Crippen molar-refractivity contribution < 1.29 is 0 Å². The number of piperidine rings is 1. The van der Waals surface area contributed by atoms with Crippen LogP contribution >= 0.6 is 11.8 Å². The molecule has 0 unspecified atom stereocenters. The third-order valence-electron chi connectivity index (χ3n) is 4.20. The maximum atomic E-state index is 4.55. The van der Waals surface area contributed by atoms with E-state index in [1.54, 1.807) is 11.8 Å². The minimum atomic E-state index is 0.516. The second-order valence-corrected chi connectivity index (χ2v) is 6.43. The summed E-state index contributed by atoms with van der Waals surface area (Å²) in [4.78, 5) is 7.16. The molecule has 1 saturated heterocycles. The van der Waals surface area contributed by atoms with E-state index in [0.717, 1.165) is 11.6 Å². The van der Waals surface area contributed by atoms with E-state index in [2.05, 4.69) is 64.8 Å². The Morgan fingerprint density at radius 1 is 1.14 bits per heavy atom. The van der Waals surface area contributed by atoms with Crippen molar-refractivity contribution in [3.63, 3.8) is 0 Å². The fraction of sp³-hybridized carbons (Fsp3) is 0.389. The zero-order chi connectivity index (χ0) is 14.5. The molecule has 2 heterocycles. The molecular formula is C18H22N2S. The van der Waals surface area contributed by atoms with Gasteiger partial charge in [0.2, 0.25) is 0 Å². The molecule has 1 atom stereocenters. The highest BCUT2D eigenvalue weighted by Crippen LogP contribution is 2.32. The van der Waals surface area contributed by atoms with Crippen LogP contribution in [0.1, 0.15) is 36.4 Å². The molecule has 0 radical (unpaired) electrons. The van der Waals surface area contributed by atoms with Crippen molar-refractivity contribution in [1.82, 2.24) is 9.88 Å². The van der Waals surface area contributed by atoms with Gasteiger partial charge in [0.15, 0.2) is 0 Å². The highest BCUT2D eigenvalue weighted by Gasteiger charge is 2.24. The van der Waals surface area contributed by atoms with E-state index in [9.17, 15) is 0 Å². The van der Waals surface area contributed by atoms with E-state index in [-0.39, 0.29) is 0 Å². The Hall–Kier alpha value is -1.32. The van der Waals surface area contributed by atoms with Gasteiger partial charge in [-0.2, -0.15) is 0 Å². The maximum Gasteiger partial charge on any atom is 0.0957 e. The molecular weight excluding hydrogens is 276 g/mol. The lowest BCUT2D eigenvalue weighted by Gasteiger charge is -2.36. The summed E-state index contributed by atoms with van der Waals surface area (Å²) in [6.45, 7) is 2.22. The van der Waals surface area contributed by atoms with Gasteiger partial charge in [0.05, 0.1) is 5.03 Å². The molecule has 0 aliphatic carbocycles. The van der Waals surface area contributed by atoms with E-state index in [1.807, 2.05) is 0 Å². The number of rotatable bonds is 4. The van der Waals surface area contributed by atoms with Crippen molar-refractivity contribution in [2.75, 3.05) is 12.8 Å². The van der Waals surface area contributed by atoms with Gasteiger partial charge in [-0.05, 0) is 42.8 Å². The van der Waals surface area contributed by atoms with Crippen molar-refractivity contribution >= 4 is 11.8 Å². The number of likely N-dealkylation sites (tertiary alicyclic amines) is 1. The van der Waals surface area contributed by atoms with Crippen molar-refractivity contribution in [3.8, 4) is 0 Å². The highest BCUT2D eigenvalue weighted by molar-refractivity contribution is 7.98. The monoisotopic (exact) mass is 298 g/mol. The Kier molecular flexibility index (Phi) is 4.94. The second-order valence-electron chi connectivity index (χ2n) is 5.60. The lowest BCUT2D eigenvalue weighted by Crippen LogP contribution is -2.32. The molecule has 2 aromatic rings. The third-order valence-corrected chi connectivity index (χ3v) is 4.86. The Morgan fingerprint density at radius 3 is 2.71 bits per heavy atom. The molecule has 110 valence electrons. The molecule has 0 bridgehead atoms. The maximum absolute atomic E-state index is 4.55. The van der Waals surface area contributed by atoms with Crippen LogP contribution in [-0.2, 0) is 6.54 Å². The second kappa shape index (κ2) is 7.10. The third kappa shape index (κ3) is 3.66. The summed E-state index contributed by atoms with van der Waals surface area (Å²) in [5.74, 6) is 0. The Bertz CT molecular complexity index is 553. The number of aromatic nitrogens is 1. The summed E-state index contributed by atoms with van der Waals surface area (Å²) < 4.78 is 0. The summed E-state index contributed by atoms with van der Waals surface area (Å²) in [6, 6.07) is 15.7. The minimum Gasteiger partial charge on any atom is -0.292 e. The molecule has 1 aliphatic heterocycles. The molecule has 21 heavy (non-hydrogen) atoms. The summed E-state index contributed by atoms with van der Waals surface area (Å²) in [5.41, 5.74) is 2.77. The predicted molar refractivity (Wildman–Crippen MR) is 89.5 cm³/mol. The van der Waals surface area contributed by atoms with Crippen molar-refractivity contribution in [1.29, 1.82) is 0 Å². The normalized spacial score (nSPS) is 19.6. The van der Waals surface area contributed by atoms with Crippen LogP contribution < -0.4 is 0 Å². The number of thioether (sulfide) groups is 1. The average Bonchev–Trinajstić information content (AvgIpc) is 2.56. The zero-order valence-corrected chi connectivity index (χ0v) is 13.4. The largest absolute Gasteiger partial charge is 0.292 e. The van der Waals surface area contributed by atoms with Crippen LogP contribution in [0.25, 0.3) is 0 Å². The van der Waals surface area contributed by atoms with Gasteiger partial charge < -0.3 is 0 Å². The first-order valence-corrected chi connectivity index (χ1v) is 8.87. The molecule has 1 aliphatic rings. The molecule has 1 aromatic heterocycles. The lowest BCUT2D eigenvalue weighted by atomic mass is 9.96. The van der Waals surface area contributed by atoms with Crippen molar-refractivity contribution in [2.45, 2.75) is 36.9 Å². The van der Waals surface area contributed by atoms with Gasteiger partial charge in [-0.1, -0.05) is 42.8 Å². The van der Waals surface area contributed by atoms with Gasteiger partial charge in [-0.25, -0.2) is 4.98 Å². The SMILES string of the molecule is CSc1ccc([C@H]2CCCCN2Cc2ccccc2)cn1. The van der Waals surface area contributed by atoms with Gasteiger partial charge in [0.1, 0.15) is 0 Å². The highest BCUT2D eigenvalue weighted by atomic mass is 32.2. The zero-order valence-electron chi connectivity index (χ0n) is 12.5. The molecule has 2 nitrogen and oxygen atoms in total. The van der Waals surface area contributed by atoms with Crippen LogP contribution in [0.15, 0.2) is 53.7 Å². The summed E-state index contributed by atoms with van der Waals surface area (Å²) >= 11 is 1.70. The molecule has 3 rings (SSSR count). The van der Waals surface area contributed by atoms with Crippen LogP contribution in [0.4, 0.5) is 0 Å². The minimum absolute atomic E-state index is 0.516. The molecule has 0 amide bonds. The van der Waals surface area contributed by atoms with Gasteiger partial charge in [0, 0.05) is 18.8 Å². The van der Waals surface area contributed by atoms with Crippen LogP contribution in [-0.4, -0.2) is 22.7 Å².